The second-order valence-electron chi connectivity index (χ2n) is 4.05. The Hall–Kier alpha value is -1.59. The van der Waals surface area contributed by atoms with E-state index in [1.54, 1.807) is 4.68 Å². The van der Waals surface area contributed by atoms with Crippen LogP contribution in [0.25, 0.3) is 0 Å². The van der Waals surface area contributed by atoms with Crippen molar-refractivity contribution in [1.82, 2.24) is 25.5 Å². The van der Waals surface area contributed by atoms with E-state index in [1.807, 2.05) is 0 Å². The topological polar surface area (TPSA) is 81.9 Å². The number of carbonyl (C=O) groups is 1. The summed E-state index contributed by atoms with van der Waals surface area (Å²) in [5, 5.41) is 14.6. The van der Waals surface area contributed by atoms with Gasteiger partial charge in [-0.25, -0.2) is 4.68 Å². The number of nitrogens with one attached hydrogen (secondary N) is 1. The minimum atomic E-state index is -0.130. The summed E-state index contributed by atoms with van der Waals surface area (Å²) < 4.78 is 7.21. The second kappa shape index (κ2) is 7.11. The molecule has 19 heavy (non-hydrogen) atoms. The van der Waals surface area contributed by atoms with E-state index in [2.05, 4.69) is 26.8 Å². The number of amides is 1. The molecule has 0 unspecified atom stereocenters. The maximum Gasteiger partial charge on any atom is 0.231 e. The van der Waals surface area contributed by atoms with E-state index in [0.717, 1.165) is 19.4 Å². The number of tetrazole rings is 1. The molecule has 7 nitrogen and oxygen atoms in total. The fourth-order valence-corrected chi connectivity index (χ4v) is 2.44. The molecule has 1 aromatic heterocycles. The molecule has 2 rings (SSSR count). The number of terminal acetylenes is 1. The van der Waals surface area contributed by atoms with Gasteiger partial charge in [-0.3, -0.25) is 4.79 Å². The van der Waals surface area contributed by atoms with Crippen LogP contribution in [0.5, 0.6) is 0 Å². The van der Waals surface area contributed by atoms with Gasteiger partial charge in [-0.2, -0.15) is 0 Å². The molecule has 1 aromatic rings. The molecule has 0 radical (unpaired) electrons. The van der Waals surface area contributed by atoms with Crippen molar-refractivity contribution in [2.75, 3.05) is 18.9 Å². The molecule has 0 bridgehead atoms. The van der Waals surface area contributed by atoms with Gasteiger partial charge in [0.05, 0.1) is 24.9 Å². The highest BCUT2D eigenvalue weighted by Gasteiger charge is 2.19. The average Bonchev–Trinajstić information content (AvgIpc) is 3.06. The number of rotatable bonds is 6. The molecular formula is C11H15N5O2S. The Balaban J connectivity index is 1.82. The molecule has 0 aromatic carbocycles. The minimum Gasteiger partial charge on any atom is -0.376 e. The smallest absolute Gasteiger partial charge is 0.231 e. The number of hydrogen-bond donors (Lipinski definition) is 1. The standard InChI is InChI=1S/C11H15N5O2S/c1-2-5-12-10(17)8-19-11-13-14-15-16(11)7-9-4-3-6-18-9/h1,9H,3-8H2,(H,12,17)/t9-/m0/s1. The zero-order valence-electron chi connectivity index (χ0n) is 10.4. The predicted octanol–water partition coefficient (Wildman–Crippen LogP) is -0.306. The van der Waals surface area contributed by atoms with E-state index in [-0.39, 0.29) is 24.3 Å². The highest BCUT2D eigenvalue weighted by Crippen LogP contribution is 2.18. The maximum atomic E-state index is 11.4. The van der Waals surface area contributed by atoms with Gasteiger partial charge in [0.2, 0.25) is 11.1 Å². The van der Waals surface area contributed by atoms with Crippen molar-refractivity contribution in [3.05, 3.63) is 0 Å². The number of hydrogen-bond acceptors (Lipinski definition) is 6. The first-order valence-electron chi connectivity index (χ1n) is 6.00. The highest BCUT2D eigenvalue weighted by molar-refractivity contribution is 7.99. The Morgan fingerprint density at radius 1 is 1.68 bits per heavy atom. The number of ether oxygens (including phenoxy) is 1. The normalized spacial score (nSPS) is 18.2. The lowest BCUT2D eigenvalue weighted by Gasteiger charge is -2.09. The van der Waals surface area contributed by atoms with E-state index in [1.165, 1.54) is 11.8 Å². The van der Waals surface area contributed by atoms with Gasteiger partial charge in [0.15, 0.2) is 0 Å². The lowest BCUT2D eigenvalue weighted by molar-refractivity contribution is -0.118. The van der Waals surface area contributed by atoms with Gasteiger partial charge in [-0.15, -0.1) is 11.5 Å². The Labute approximate surface area is 115 Å². The molecular weight excluding hydrogens is 266 g/mol. The summed E-state index contributed by atoms with van der Waals surface area (Å²) in [5.74, 6) is 2.46. The van der Waals surface area contributed by atoms with Crippen molar-refractivity contribution < 1.29 is 9.53 Å². The minimum absolute atomic E-state index is 0.130. The van der Waals surface area contributed by atoms with Gasteiger partial charge in [-0.05, 0) is 23.3 Å². The third kappa shape index (κ3) is 4.22. The summed E-state index contributed by atoms with van der Waals surface area (Å²) >= 11 is 1.29. The number of nitrogens with zero attached hydrogens (tertiary/aromatic N) is 4. The van der Waals surface area contributed by atoms with Crippen molar-refractivity contribution in [1.29, 1.82) is 0 Å². The van der Waals surface area contributed by atoms with Crippen molar-refractivity contribution in [2.45, 2.75) is 30.6 Å². The number of carbonyl (C=O) groups excluding carboxylic acids is 1. The first kappa shape index (κ1) is 13.8. The lowest BCUT2D eigenvalue weighted by Crippen LogP contribution is -2.25. The quantitative estimate of drug-likeness (QED) is 0.569. The van der Waals surface area contributed by atoms with E-state index in [0.29, 0.717) is 11.7 Å². The lowest BCUT2D eigenvalue weighted by atomic mass is 10.2. The summed E-state index contributed by atoms with van der Waals surface area (Å²) in [6.07, 6.45) is 7.32. The van der Waals surface area contributed by atoms with Crippen LogP contribution in [-0.2, 0) is 16.1 Å². The first-order valence-corrected chi connectivity index (χ1v) is 6.99. The Kier molecular flexibility index (Phi) is 5.18. The SMILES string of the molecule is C#CCNC(=O)CSc1nnnn1C[C@@H]1CCCO1. The molecule has 8 heteroatoms. The molecule has 0 spiro atoms. The van der Waals surface area contributed by atoms with Gasteiger partial charge >= 0.3 is 0 Å². The monoisotopic (exact) mass is 281 g/mol. The van der Waals surface area contributed by atoms with Crippen LogP contribution >= 0.6 is 11.8 Å². The summed E-state index contributed by atoms with van der Waals surface area (Å²) in [6, 6.07) is 0. The van der Waals surface area contributed by atoms with E-state index in [9.17, 15) is 4.79 Å². The Morgan fingerprint density at radius 3 is 3.32 bits per heavy atom. The second-order valence-corrected chi connectivity index (χ2v) is 4.99. The van der Waals surface area contributed by atoms with E-state index in [4.69, 9.17) is 11.2 Å². The summed E-state index contributed by atoms with van der Waals surface area (Å²) in [6.45, 7) is 1.66. The molecule has 1 N–H and O–H groups in total. The molecule has 1 aliphatic heterocycles. The first-order chi connectivity index (χ1) is 9.29. The van der Waals surface area contributed by atoms with Crippen LogP contribution in [0.4, 0.5) is 0 Å². The van der Waals surface area contributed by atoms with Crippen LogP contribution < -0.4 is 5.32 Å². The van der Waals surface area contributed by atoms with Gasteiger partial charge < -0.3 is 10.1 Å². The molecule has 1 amide bonds. The van der Waals surface area contributed by atoms with Crippen molar-refractivity contribution in [2.24, 2.45) is 0 Å². The van der Waals surface area contributed by atoms with Crippen LogP contribution in [0.3, 0.4) is 0 Å². The zero-order chi connectivity index (χ0) is 13.5. The Bertz CT molecular complexity index is 464. The van der Waals surface area contributed by atoms with Crippen LogP contribution in [-0.4, -0.2) is 51.1 Å². The third-order valence-electron chi connectivity index (χ3n) is 2.62. The Morgan fingerprint density at radius 2 is 2.58 bits per heavy atom. The molecule has 1 fully saturated rings. The largest absolute Gasteiger partial charge is 0.376 e. The van der Waals surface area contributed by atoms with Crippen LogP contribution in [0.2, 0.25) is 0 Å². The summed E-state index contributed by atoms with van der Waals surface area (Å²) in [5.41, 5.74) is 0. The predicted molar refractivity (Wildman–Crippen MR) is 69.4 cm³/mol. The van der Waals surface area contributed by atoms with Crippen LogP contribution in [0.1, 0.15) is 12.8 Å². The summed E-state index contributed by atoms with van der Waals surface area (Å²) in [4.78, 5) is 11.4. The van der Waals surface area contributed by atoms with Gasteiger partial charge in [0, 0.05) is 6.61 Å². The van der Waals surface area contributed by atoms with Gasteiger partial charge in [0.1, 0.15) is 0 Å². The number of thioether (sulfide) groups is 1. The fourth-order valence-electron chi connectivity index (χ4n) is 1.73. The van der Waals surface area contributed by atoms with Gasteiger partial charge in [0.25, 0.3) is 0 Å². The van der Waals surface area contributed by atoms with Crippen molar-refractivity contribution >= 4 is 17.7 Å². The fraction of sp³-hybridized carbons (Fsp3) is 0.636. The van der Waals surface area contributed by atoms with E-state index < -0.39 is 0 Å². The average molecular weight is 281 g/mol. The zero-order valence-corrected chi connectivity index (χ0v) is 11.2. The summed E-state index contributed by atoms with van der Waals surface area (Å²) in [7, 11) is 0. The van der Waals surface area contributed by atoms with Crippen LogP contribution in [0.15, 0.2) is 5.16 Å². The van der Waals surface area contributed by atoms with Gasteiger partial charge in [-0.1, -0.05) is 17.7 Å². The van der Waals surface area contributed by atoms with Crippen molar-refractivity contribution in [3.8, 4) is 12.3 Å². The maximum absolute atomic E-state index is 11.4. The molecule has 0 aliphatic carbocycles. The van der Waals surface area contributed by atoms with Crippen molar-refractivity contribution in [3.63, 3.8) is 0 Å². The third-order valence-corrected chi connectivity index (χ3v) is 3.58. The highest BCUT2D eigenvalue weighted by atomic mass is 32.2. The molecule has 1 saturated heterocycles. The van der Waals surface area contributed by atoms with E-state index >= 15 is 0 Å². The van der Waals surface area contributed by atoms with Crippen LogP contribution in [0, 0.1) is 12.3 Å². The molecule has 1 aliphatic rings. The molecule has 102 valence electrons. The molecule has 0 saturated carbocycles. The molecule has 2 heterocycles. The molecule has 1 atom stereocenters. The number of aromatic nitrogens is 4.